The second kappa shape index (κ2) is 6.58. The molecule has 0 aliphatic heterocycles. The molecule has 1 saturated carbocycles. The summed E-state index contributed by atoms with van der Waals surface area (Å²) in [6.07, 6.45) is 7.42. The van der Waals surface area contributed by atoms with E-state index >= 15 is 0 Å². The van der Waals surface area contributed by atoms with Crippen molar-refractivity contribution in [2.75, 3.05) is 6.61 Å². The summed E-state index contributed by atoms with van der Waals surface area (Å²) in [4.78, 5) is 0. The molecule has 0 aromatic carbocycles. The number of aliphatic hydroxyl groups is 1. The molecule has 6 atom stereocenters. The summed E-state index contributed by atoms with van der Waals surface area (Å²) in [5, 5.41) is 9.55. The Morgan fingerprint density at radius 2 is 1.71 bits per heavy atom. The maximum Gasteiger partial charge on any atom is 0.0467 e. The number of rotatable bonds is 1. The number of allylic oxidation sites excluding steroid dienone is 2. The van der Waals surface area contributed by atoms with Crippen LogP contribution in [0.4, 0.5) is 0 Å². The van der Waals surface area contributed by atoms with Gasteiger partial charge < -0.3 is 5.11 Å². The van der Waals surface area contributed by atoms with E-state index in [1.54, 1.807) is 0 Å². The van der Waals surface area contributed by atoms with Crippen molar-refractivity contribution in [3.05, 3.63) is 12.2 Å². The summed E-state index contributed by atoms with van der Waals surface area (Å²) in [7, 11) is 0. The maximum absolute atomic E-state index is 9.55. The van der Waals surface area contributed by atoms with Gasteiger partial charge in [0, 0.05) is 6.61 Å². The van der Waals surface area contributed by atoms with Crippen LogP contribution in [-0.4, -0.2) is 11.7 Å². The minimum atomic E-state index is 0.366. The number of hydrogen-bond acceptors (Lipinski definition) is 1. The average molecular weight is 238 g/mol. The van der Waals surface area contributed by atoms with Crippen LogP contribution in [0.5, 0.6) is 0 Å². The lowest BCUT2D eigenvalue weighted by Crippen LogP contribution is -2.41. The summed E-state index contributed by atoms with van der Waals surface area (Å²) in [5.41, 5.74) is 0. The molecule has 2 aliphatic carbocycles. The van der Waals surface area contributed by atoms with Crippen LogP contribution in [0, 0.1) is 35.5 Å². The van der Waals surface area contributed by atoms with Gasteiger partial charge in [-0.05, 0) is 48.3 Å². The van der Waals surface area contributed by atoms with E-state index in [0.717, 1.165) is 23.7 Å². The molecule has 0 aromatic rings. The van der Waals surface area contributed by atoms with Crippen molar-refractivity contribution in [2.45, 2.75) is 47.5 Å². The van der Waals surface area contributed by atoms with Gasteiger partial charge in [0.15, 0.2) is 0 Å². The van der Waals surface area contributed by atoms with Crippen molar-refractivity contribution < 1.29 is 5.11 Å². The van der Waals surface area contributed by atoms with Gasteiger partial charge in [0.2, 0.25) is 0 Å². The molecule has 0 radical (unpaired) electrons. The van der Waals surface area contributed by atoms with Gasteiger partial charge in [0.05, 0.1) is 0 Å². The van der Waals surface area contributed by atoms with E-state index in [-0.39, 0.29) is 0 Å². The van der Waals surface area contributed by atoms with E-state index in [1.807, 2.05) is 13.8 Å². The molecule has 1 unspecified atom stereocenters. The molecule has 0 heterocycles. The first kappa shape index (κ1) is 14.8. The van der Waals surface area contributed by atoms with E-state index in [1.165, 1.54) is 12.8 Å². The van der Waals surface area contributed by atoms with E-state index in [4.69, 9.17) is 0 Å². The summed E-state index contributed by atoms with van der Waals surface area (Å²) >= 11 is 0. The third kappa shape index (κ3) is 3.13. The quantitative estimate of drug-likeness (QED) is 0.681. The Labute approximate surface area is 107 Å². The highest BCUT2D eigenvalue weighted by molar-refractivity contribution is 5.07. The van der Waals surface area contributed by atoms with Crippen molar-refractivity contribution in [1.82, 2.24) is 0 Å². The number of hydrogen-bond donors (Lipinski definition) is 1. The topological polar surface area (TPSA) is 20.2 Å². The minimum absolute atomic E-state index is 0.366. The lowest BCUT2D eigenvalue weighted by Gasteiger charge is -2.46. The van der Waals surface area contributed by atoms with Gasteiger partial charge in [-0.25, -0.2) is 0 Å². The molecule has 0 bridgehead atoms. The van der Waals surface area contributed by atoms with Gasteiger partial charge in [-0.2, -0.15) is 0 Å². The second-order valence-electron chi connectivity index (χ2n) is 5.89. The Bertz CT molecular complexity index is 246. The molecule has 2 rings (SSSR count). The highest BCUT2D eigenvalue weighted by Gasteiger charge is 2.40. The summed E-state index contributed by atoms with van der Waals surface area (Å²) in [5.74, 6) is 4.17. The Kier molecular flexibility index (Phi) is 5.72. The largest absolute Gasteiger partial charge is 0.396 e. The molecule has 100 valence electrons. The summed E-state index contributed by atoms with van der Waals surface area (Å²) in [6, 6.07) is 0. The Morgan fingerprint density at radius 3 is 2.29 bits per heavy atom. The minimum Gasteiger partial charge on any atom is -0.396 e. The molecule has 2 aliphatic rings. The van der Waals surface area contributed by atoms with E-state index in [9.17, 15) is 5.11 Å². The summed E-state index contributed by atoms with van der Waals surface area (Å²) in [6.45, 7) is 11.4. The highest BCUT2D eigenvalue weighted by Crippen LogP contribution is 2.47. The first-order valence-corrected chi connectivity index (χ1v) is 7.42. The van der Waals surface area contributed by atoms with Crippen LogP contribution in [0.3, 0.4) is 0 Å². The van der Waals surface area contributed by atoms with Gasteiger partial charge in [0.25, 0.3) is 0 Å². The first-order valence-electron chi connectivity index (χ1n) is 7.42. The van der Waals surface area contributed by atoms with Crippen LogP contribution >= 0.6 is 0 Å². The third-order valence-corrected chi connectivity index (χ3v) is 4.64. The Hall–Kier alpha value is -0.300. The van der Waals surface area contributed by atoms with Gasteiger partial charge in [-0.15, -0.1) is 0 Å². The van der Waals surface area contributed by atoms with Crippen LogP contribution in [0.25, 0.3) is 0 Å². The Morgan fingerprint density at radius 1 is 1.06 bits per heavy atom. The maximum atomic E-state index is 9.55. The van der Waals surface area contributed by atoms with E-state index < -0.39 is 0 Å². The van der Waals surface area contributed by atoms with Crippen LogP contribution in [-0.2, 0) is 0 Å². The molecule has 0 aromatic heterocycles. The number of fused-ring (bicyclic) bond motifs is 1. The SMILES string of the molecule is CC.C[C@@H]1CC2C=C[C@H](C)[C@H](CO)[C@H]2[C@H](C)C1. The fourth-order valence-corrected chi connectivity index (χ4v) is 3.98. The van der Waals surface area contributed by atoms with Crippen molar-refractivity contribution in [3.63, 3.8) is 0 Å². The van der Waals surface area contributed by atoms with Crippen LogP contribution in [0.1, 0.15) is 47.5 Å². The zero-order valence-electron chi connectivity index (χ0n) is 12.2. The van der Waals surface area contributed by atoms with Gasteiger partial charge in [0.1, 0.15) is 0 Å². The van der Waals surface area contributed by atoms with E-state index in [2.05, 4.69) is 32.9 Å². The van der Waals surface area contributed by atoms with Gasteiger partial charge in [-0.1, -0.05) is 46.8 Å². The normalized spacial score (nSPS) is 44.6. The molecule has 0 saturated heterocycles. The van der Waals surface area contributed by atoms with Crippen molar-refractivity contribution in [2.24, 2.45) is 35.5 Å². The smallest absolute Gasteiger partial charge is 0.0467 e. The molecule has 0 spiro atoms. The predicted molar refractivity (Wildman–Crippen MR) is 74.8 cm³/mol. The van der Waals surface area contributed by atoms with Crippen molar-refractivity contribution in [3.8, 4) is 0 Å². The first-order chi connectivity index (χ1) is 8.13. The molecule has 1 nitrogen and oxygen atoms in total. The fraction of sp³-hybridized carbons (Fsp3) is 0.875. The lowest BCUT2D eigenvalue weighted by atomic mass is 9.59. The van der Waals surface area contributed by atoms with Gasteiger partial charge in [-0.3, -0.25) is 0 Å². The molecule has 17 heavy (non-hydrogen) atoms. The lowest BCUT2D eigenvalue weighted by molar-refractivity contribution is 0.0336. The third-order valence-electron chi connectivity index (χ3n) is 4.64. The standard InChI is InChI=1S/C14H24O.C2H6/c1-9-6-11(3)14-12(7-9)5-4-10(2)13(14)8-15;1-2/h4-5,9-15H,6-8H2,1-3H3;1-2H3/t9-,10-,11+,12?,13-,14-;/m0./s1. The van der Waals surface area contributed by atoms with Crippen molar-refractivity contribution >= 4 is 0 Å². The predicted octanol–water partition coefficient (Wildman–Crippen LogP) is 4.13. The fourth-order valence-electron chi connectivity index (χ4n) is 3.98. The molecular formula is C16H30O. The van der Waals surface area contributed by atoms with Crippen LogP contribution < -0.4 is 0 Å². The van der Waals surface area contributed by atoms with Crippen LogP contribution in [0.15, 0.2) is 12.2 Å². The second-order valence-corrected chi connectivity index (χ2v) is 5.89. The van der Waals surface area contributed by atoms with Crippen LogP contribution in [0.2, 0.25) is 0 Å². The molecular weight excluding hydrogens is 208 g/mol. The van der Waals surface area contributed by atoms with Crippen molar-refractivity contribution in [1.29, 1.82) is 0 Å². The van der Waals surface area contributed by atoms with E-state index in [0.29, 0.717) is 18.4 Å². The zero-order valence-corrected chi connectivity index (χ0v) is 12.2. The highest BCUT2D eigenvalue weighted by atomic mass is 16.3. The molecule has 1 heteroatoms. The molecule has 1 N–H and O–H groups in total. The average Bonchev–Trinajstić information content (AvgIpc) is 2.32. The molecule has 1 fully saturated rings. The monoisotopic (exact) mass is 238 g/mol. The summed E-state index contributed by atoms with van der Waals surface area (Å²) < 4.78 is 0. The Balaban J connectivity index is 0.000000686. The number of aliphatic hydroxyl groups excluding tert-OH is 1. The zero-order chi connectivity index (χ0) is 13.0. The van der Waals surface area contributed by atoms with Gasteiger partial charge >= 0.3 is 0 Å². The molecule has 0 amide bonds.